The Morgan fingerprint density at radius 1 is 0.957 bits per heavy atom. The monoisotopic (exact) mass is 323 g/mol. The zero-order valence-electron chi connectivity index (χ0n) is 12.2. The van der Waals surface area contributed by atoms with E-state index in [1.54, 1.807) is 12.1 Å². The highest BCUT2D eigenvalue weighted by Crippen LogP contribution is 2.25. The highest BCUT2D eigenvalue weighted by molar-refractivity contribution is 8.00. The maximum absolute atomic E-state index is 13.1. The second-order valence-electron chi connectivity index (χ2n) is 4.70. The van der Waals surface area contributed by atoms with Gasteiger partial charge in [0.1, 0.15) is 10.8 Å². The van der Waals surface area contributed by atoms with Crippen LogP contribution >= 0.6 is 11.9 Å². The second kappa shape index (κ2) is 7.07. The van der Waals surface area contributed by atoms with E-state index in [2.05, 4.69) is 21.3 Å². The minimum Gasteiger partial charge on any atom is -0.309 e. The first-order chi connectivity index (χ1) is 11.3. The second-order valence-corrected chi connectivity index (χ2v) is 5.53. The summed E-state index contributed by atoms with van der Waals surface area (Å²) in [4.78, 5) is 8.38. The Labute approximate surface area is 138 Å². The van der Waals surface area contributed by atoms with Gasteiger partial charge in [0.25, 0.3) is 0 Å². The molecule has 0 bridgehead atoms. The fourth-order valence-corrected chi connectivity index (χ4v) is 2.70. The molecule has 114 valence electrons. The maximum atomic E-state index is 13.1. The van der Waals surface area contributed by atoms with Gasteiger partial charge < -0.3 is 4.72 Å². The Morgan fingerprint density at radius 2 is 1.78 bits per heavy atom. The fraction of sp³-hybridized carbons (Fsp3) is 0. The normalized spacial score (nSPS) is 10.3. The lowest BCUT2D eigenvalue weighted by atomic mass is 10.0. The number of halogens is 1. The largest absolute Gasteiger partial charge is 0.309 e. The molecule has 0 saturated heterocycles. The zero-order chi connectivity index (χ0) is 16.1. The van der Waals surface area contributed by atoms with Gasteiger partial charge in [0.2, 0.25) is 5.95 Å². The fourth-order valence-electron chi connectivity index (χ4n) is 2.10. The highest BCUT2D eigenvalue weighted by atomic mass is 32.2. The first-order valence-corrected chi connectivity index (χ1v) is 7.82. The highest BCUT2D eigenvalue weighted by Gasteiger charge is 2.05. The molecule has 0 spiro atoms. The molecule has 3 aromatic rings. The van der Waals surface area contributed by atoms with Gasteiger partial charge in [-0.25, -0.2) is 9.97 Å². The average molecular weight is 323 g/mol. The van der Waals surface area contributed by atoms with Crippen LogP contribution in [0.3, 0.4) is 0 Å². The number of benzene rings is 1. The SMILES string of the molecule is C=Cc1ccccc1-c1cccc(NSc2cccc(F)n2)n1. The summed E-state index contributed by atoms with van der Waals surface area (Å²) < 4.78 is 16.2. The quantitative estimate of drug-likeness (QED) is 0.527. The summed E-state index contributed by atoms with van der Waals surface area (Å²) in [6, 6.07) is 18.3. The number of aromatic nitrogens is 2. The molecule has 0 radical (unpaired) electrons. The molecule has 23 heavy (non-hydrogen) atoms. The van der Waals surface area contributed by atoms with Crippen molar-refractivity contribution in [3.8, 4) is 11.3 Å². The van der Waals surface area contributed by atoms with Crippen LogP contribution in [0.25, 0.3) is 17.3 Å². The molecule has 0 atom stereocenters. The van der Waals surface area contributed by atoms with Gasteiger partial charge in [-0.05, 0) is 29.8 Å². The van der Waals surface area contributed by atoms with E-state index in [4.69, 9.17) is 0 Å². The van der Waals surface area contributed by atoms with E-state index in [0.29, 0.717) is 10.8 Å². The minimum atomic E-state index is -0.501. The predicted molar refractivity (Wildman–Crippen MR) is 93.4 cm³/mol. The summed E-state index contributed by atoms with van der Waals surface area (Å²) in [6.07, 6.45) is 1.81. The van der Waals surface area contributed by atoms with Gasteiger partial charge in [0.05, 0.1) is 5.69 Å². The van der Waals surface area contributed by atoms with Crippen molar-refractivity contribution in [2.45, 2.75) is 5.03 Å². The summed E-state index contributed by atoms with van der Waals surface area (Å²) >= 11 is 1.22. The lowest BCUT2D eigenvalue weighted by molar-refractivity contribution is 0.572. The topological polar surface area (TPSA) is 37.8 Å². The maximum Gasteiger partial charge on any atom is 0.213 e. The average Bonchev–Trinajstić information content (AvgIpc) is 2.60. The Bertz CT molecular complexity index is 836. The van der Waals surface area contributed by atoms with Crippen LogP contribution in [0.15, 0.2) is 72.3 Å². The van der Waals surface area contributed by atoms with Crippen molar-refractivity contribution in [1.82, 2.24) is 9.97 Å². The van der Waals surface area contributed by atoms with Crippen LogP contribution in [0.4, 0.5) is 10.2 Å². The van der Waals surface area contributed by atoms with Crippen LogP contribution in [0.2, 0.25) is 0 Å². The van der Waals surface area contributed by atoms with Crippen LogP contribution in [-0.4, -0.2) is 9.97 Å². The number of nitrogens with one attached hydrogen (secondary N) is 1. The molecule has 0 aliphatic heterocycles. The lowest BCUT2D eigenvalue weighted by Gasteiger charge is -2.08. The molecule has 0 saturated carbocycles. The van der Waals surface area contributed by atoms with E-state index in [-0.39, 0.29) is 0 Å². The standard InChI is InChI=1S/C18H14FN3S/c1-2-13-7-3-4-8-14(13)15-9-5-11-17(20-15)22-23-18-12-6-10-16(19)21-18/h2-12H,1H2,(H,20,22). The van der Waals surface area contributed by atoms with Crippen LogP contribution < -0.4 is 4.72 Å². The molecule has 2 heterocycles. The van der Waals surface area contributed by atoms with Crippen molar-refractivity contribution >= 4 is 23.8 Å². The van der Waals surface area contributed by atoms with Gasteiger partial charge in [-0.2, -0.15) is 4.39 Å². The Balaban J connectivity index is 1.81. The van der Waals surface area contributed by atoms with Gasteiger partial charge >= 0.3 is 0 Å². The summed E-state index contributed by atoms with van der Waals surface area (Å²) in [5.41, 5.74) is 2.88. The van der Waals surface area contributed by atoms with E-state index < -0.39 is 5.95 Å². The van der Waals surface area contributed by atoms with Crippen LogP contribution in [-0.2, 0) is 0 Å². The lowest BCUT2D eigenvalue weighted by Crippen LogP contribution is -1.95. The first kappa shape index (κ1) is 15.2. The summed E-state index contributed by atoms with van der Waals surface area (Å²) in [5, 5.41) is 0.545. The van der Waals surface area contributed by atoms with Crippen LogP contribution in [0.5, 0.6) is 0 Å². The smallest absolute Gasteiger partial charge is 0.213 e. The van der Waals surface area contributed by atoms with Crippen molar-refractivity contribution in [1.29, 1.82) is 0 Å². The number of hydrogen-bond acceptors (Lipinski definition) is 4. The predicted octanol–water partition coefficient (Wildman–Crippen LogP) is 5.04. The van der Waals surface area contributed by atoms with Crippen molar-refractivity contribution in [3.63, 3.8) is 0 Å². The van der Waals surface area contributed by atoms with E-state index in [9.17, 15) is 4.39 Å². The molecule has 1 N–H and O–H groups in total. The molecule has 0 aliphatic rings. The molecule has 0 amide bonds. The molecular weight excluding hydrogens is 309 g/mol. The molecule has 2 aromatic heterocycles. The number of nitrogens with zero attached hydrogens (tertiary/aromatic N) is 2. The Kier molecular flexibility index (Phi) is 4.68. The van der Waals surface area contributed by atoms with Crippen molar-refractivity contribution in [3.05, 3.63) is 78.8 Å². The van der Waals surface area contributed by atoms with E-state index in [1.807, 2.05) is 48.5 Å². The summed E-state index contributed by atoms with van der Waals surface area (Å²) in [7, 11) is 0. The molecule has 3 nitrogen and oxygen atoms in total. The van der Waals surface area contributed by atoms with E-state index >= 15 is 0 Å². The first-order valence-electron chi connectivity index (χ1n) is 7.00. The third-order valence-electron chi connectivity index (χ3n) is 3.16. The summed E-state index contributed by atoms with van der Waals surface area (Å²) in [6.45, 7) is 3.83. The molecule has 3 rings (SSSR count). The Morgan fingerprint density at radius 3 is 2.61 bits per heavy atom. The molecule has 5 heteroatoms. The van der Waals surface area contributed by atoms with Crippen molar-refractivity contribution in [2.24, 2.45) is 0 Å². The van der Waals surface area contributed by atoms with Crippen LogP contribution in [0, 0.1) is 5.95 Å². The molecular formula is C18H14FN3S. The number of anilines is 1. The van der Waals surface area contributed by atoms with E-state index in [0.717, 1.165) is 16.8 Å². The minimum absolute atomic E-state index is 0.501. The van der Waals surface area contributed by atoms with Gasteiger partial charge in [0, 0.05) is 17.5 Å². The number of hydrogen-bond donors (Lipinski definition) is 1. The Hall–Kier alpha value is -2.66. The number of pyridine rings is 2. The van der Waals surface area contributed by atoms with Crippen molar-refractivity contribution in [2.75, 3.05) is 4.72 Å². The van der Waals surface area contributed by atoms with E-state index in [1.165, 1.54) is 18.0 Å². The van der Waals surface area contributed by atoms with Crippen molar-refractivity contribution < 1.29 is 4.39 Å². The molecule has 0 fully saturated rings. The zero-order valence-corrected chi connectivity index (χ0v) is 13.1. The van der Waals surface area contributed by atoms with Crippen LogP contribution in [0.1, 0.15) is 5.56 Å². The third-order valence-corrected chi connectivity index (χ3v) is 3.90. The van der Waals surface area contributed by atoms with Gasteiger partial charge in [-0.1, -0.05) is 49.1 Å². The molecule has 0 unspecified atom stereocenters. The number of rotatable bonds is 5. The molecule has 1 aromatic carbocycles. The van der Waals surface area contributed by atoms with Gasteiger partial charge in [-0.15, -0.1) is 0 Å². The third kappa shape index (κ3) is 3.76. The summed E-state index contributed by atoms with van der Waals surface area (Å²) in [5.74, 6) is 0.177. The molecule has 0 aliphatic carbocycles. The van der Waals surface area contributed by atoms with Gasteiger partial charge in [0.15, 0.2) is 0 Å². The van der Waals surface area contributed by atoms with Gasteiger partial charge in [-0.3, -0.25) is 0 Å².